The van der Waals surface area contributed by atoms with Gasteiger partial charge in [-0.15, -0.1) is 12.4 Å². The third-order valence-corrected chi connectivity index (χ3v) is 3.72. The molecule has 0 unspecified atom stereocenters. The number of rotatable bonds is 0. The van der Waals surface area contributed by atoms with Crippen molar-refractivity contribution in [3.8, 4) is 0 Å². The standard InChI is InChI=1S/C12H13BrN2.ClH/c1-8-6-14-7-10-5-9-3-2-4-11(13)12(9)15(8)10;/h2-5,8,14H,6-7H2,1H3;1H/t8-;/m1./s1. The van der Waals surface area contributed by atoms with Crippen LogP contribution in [0, 0.1) is 0 Å². The van der Waals surface area contributed by atoms with E-state index in [2.05, 4.69) is 57.0 Å². The number of nitrogens with zero attached hydrogens (tertiary/aromatic N) is 1. The molecular formula is C12H14BrClN2. The van der Waals surface area contributed by atoms with Gasteiger partial charge in [-0.3, -0.25) is 0 Å². The predicted octanol–water partition coefficient (Wildman–Crippen LogP) is 3.49. The van der Waals surface area contributed by atoms with Crippen molar-refractivity contribution in [2.75, 3.05) is 6.54 Å². The van der Waals surface area contributed by atoms with Crippen LogP contribution in [0.15, 0.2) is 28.7 Å². The fraction of sp³-hybridized carbons (Fsp3) is 0.333. The molecule has 1 aliphatic rings. The summed E-state index contributed by atoms with van der Waals surface area (Å²) >= 11 is 3.64. The Morgan fingerprint density at radius 1 is 1.44 bits per heavy atom. The number of halogens is 2. The van der Waals surface area contributed by atoms with Crippen molar-refractivity contribution in [3.05, 3.63) is 34.4 Å². The molecule has 0 saturated heterocycles. The van der Waals surface area contributed by atoms with Gasteiger partial charge in [0, 0.05) is 34.7 Å². The molecule has 0 amide bonds. The lowest BCUT2D eigenvalue weighted by molar-refractivity contribution is 0.439. The van der Waals surface area contributed by atoms with Gasteiger partial charge in [0.1, 0.15) is 0 Å². The van der Waals surface area contributed by atoms with Crippen LogP contribution in [0.2, 0.25) is 0 Å². The zero-order chi connectivity index (χ0) is 10.4. The molecule has 1 N–H and O–H groups in total. The van der Waals surface area contributed by atoms with Gasteiger partial charge in [-0.2, -0.15) is 0 Å². The zero-order valence-corrected chi connectivity index (χ0v) is 11.4. The molecule has 0 bridgehead atoms. The second-order valence-corrected chi connectivity index (χ2v) is 5.02. The summed E-state index contributed by atoms with van der Waals surface area (Å²) in [5, 5.41) is 4.76. The fourth-order valence-electron chi connectivity index (χ4n) is 2.44. The highest BCUT2D eigenvalue weighted by atomic mass is 79.9. The minimum Gasteiger partial charge on any atom is -0.338 e. The quantitative estimate of drug-likeness (QED) is 0.788. The molecule has 1 aliphatic heterocycles. The fourth-order valence-corrected chi connectivity index (χ4v) is 3.01. The number of para-hydroxylation sites is 1. The van der Waals surface area contributed by atoms with Gasteiger partial charge in [-0.05, 0) is 35.0 Å². The van der Waals surface area contributed by atoms with Crippen LogP contribution in [0.3, 0.4) is 0 Å². The molecule has 0 aliphatic carbocycles. The second-order valence-electron chi connectivity index (χ2n) is 4.16. The summed E-state index contributed by atoms with van der Waals surface area (Å²) in [4.78, 5) is 0. The molecular weight excluding hydrogens is 288 g/mol. The predicted molar refractivity (Wildman–Crippen MR) is 73.3 cm³/mol. The van der Waals surface area contributed by atoms with E-state index in [1.807, 2.05) is 0 Å². The normalized spacial score (nSPS) is 19.2. The van der Waals surface area contributed by atoms with Crippen LogP contribution in [0.5, 0.6) is 0 Å². The average Bonchev–Trinajstić information content (AvgIpc) is 2.58. The van der Waals surface area contributed by atoms with Crippen LogP contribution in [0.4, 0.5) is 0 Å². The molecule has 0 radical (unpaired) electrons. The summed E-state index contributed by atoms with van der Waals surface area (Å²) in [5.74, 6) is 0. The third-order valence-electron chi connectivity index (χ3n) is 3.08. The van der Waals surface area contributed by atoms with E-state index in [4.69, 9.17) is 0 Å². The van der Waals surface area contributed by atoms with Crippen molar-refractivity contribution in [2.24, 2.45) is 0 Å². The second kappa shape index (κ2) is 4.40. The van der Waals surface area contributed by atoms with Crippen molar-refractivity contribution in [1.82, 2.24) is 9.88 Å². The first-order valence-electron chi connectivity index (χ1n) is 5.26. The number of hydrogen-bond donors (Lipinski definition) is 1. The van der Waals surface area contributed by atoms with Gasteiger partial charge >= 0.3 is 0 Å². The molecule has 2 aromatic rings. The Kier molecular flexibility index (Phi) is 3.29. The van der Waals surface area contributed by atoms with E-state index in [9.17, 15) is 0 Å². The van der Waals surface area contributed by atoms with Crippen molar-refractivity contribution in [2.45, 2.75) is 19.5 Å². The summed E-state index contributed by atoms with van der Waals surface area (Å²) in [7, 11) is 0. The number of nitrogens with one attached hydrogen (secondary N) is 1. The van der Waals surface area contributed by atoms with Gasteiger partial charge < -0.3 is 9.88 Å². The molecule has 3 rings (SSSR count). The summed E-state index contributed by atoms with van der Waals surface area (Å²) in [6.45, 7) is 4.29. The first kappa shape index (κ1) is 12.0. The Morgan fingerprint density at radius 3 is 3.06 bits per heavy atom. The van der Waals surface area contributed by atoms with Crippen LogP contribution in [-0.2, 0) is 6.54 Å². The SMILES string of the molecule is C[C@@H]1CNCc2cc3cccc(Br)c3n21.Cl. The topological polar surface area (TPSA) is 17.0 Å². The minimum atomic E-state index is 0. The number of aromatic nitrogens is 1. The van der Waals surface area contributed by atoms with E-state index >= 15 is 0 Å². The van der Waals surface area contributed by atoms with Crippen molar-refractivity contribution >= 4 is 39.2 Å². The van der Waals surface area contributed by atoms with Crippen LogP contribution < -0.4 is 5.32 Å². The van der Waals surface area contributed by atoms with E-state index in [1.165, 1.54) is 21.1 Å². The monoisotopic (exact) mass is 300 g/mol. The maximum atomic E-state index is 3.64. The van der Waals surface area contributed by atoms with Gasteiger partial charge in [0.2, 0.25) is 0 Å². The molecule has 1 atom stereocenters. The van der Waals surface area contributed by atoms with Crippen LogP contribution in [-0.4, -0.2) is 11.1 Å². The average molecular weight is 302 g/mol. The third kappa shape index (κ3) is 1.67. The Hall–Kier alpha value is -0.510. The molecule has 4 heteroatoms. The zero-order valence-electron chi connectivity index (χ0n) is 9.03. The first-order valence-corrected chi connectivity index (χ1v) is 6.06. The van der Waals surface area contributed by atoms with Crippen LogP contribution >= 0.6 is 28.3 Å². The molecule has 2 nitrogen and oxygen atoms in total. The van der Waals surface area contributed by atoms with E-state index in [0.29, 0.717) is 6.04 Å². The van der Waals surface area contributed by atoms with Gasteiger partial charge in [0.05, 0.1) is 5.52 Å². The Morgan fingerprint density at radius 2 is 2.25 bits per heavy atom. The number of benzene rings is 1. The number of fused-ring (bicyclic) bond motifs is 3. The number of hydrogen-bond acceptors (Lipinski definition) is 1. The van der Waals surface area contributed by atoms with Gasteiger partial charge in [-0.25, -0.2) is 0 Å². The molecule has 0 saturated carbocycles. The molecule has 86 valence electrons. The van der Waals surface area contributed by atoms with Crippen molar-refractivity contribution < 1.29 is 0 Å². The molecule has 16 heavy (non-hydrogen) atoms. The summed E-state index contributed by atoms with van der Waals surface area (Å²) in [5.41, 5.74) is 2.72. The van der Waals surface area contributed by atoms with E-state index in [-0.39, 0.29) is 12.4 Å². The molecule has 0 fully saturated rings. The Bertz CT molecular complexity index is 521. The van der Waals surface area contributed by atoms with E-state index in [1.54, 1.807) is 0 Å². The highest BCUT2D eigenvalue weighted by Crippen LogP contribution is 2.31. The molecule has 1 aromatic heterocycles. The van der Waals surface area contributed by atoms with Gasteiger partial charge in [-0.1, -0.05) is 12.1 Å². The van der Waals surface area contributed by atoms with E-state index in [0.717, 1.165) is 13.1 Å². The van der Waals surface area contributed by atoms with Crippen molar-refractivity contribution in [3.63, 3.8) is 0 Å². The smallest absolute Gasteiger partial charge is 0.0630 e. The lowest BCUT2D eigenvalue weighted by Gasteiger charge is -2.25. The van der Waals surface area contributed by atoms with Crippen LogP contribution in [0.1, 0.15) is 18.7 Å². The maximum Gasteiger partial charge on any atom is 0.0630 e. The van der Waals surface area contributed by atoms with E-state index < -0.39 is 0 Å². The van der Waals surface area contributed by atoms with Crippen LogP contribution in [0.25, 0.3) is 10.9 Å². The minimum absolute atomic E-state index is 0. The molecule has 1 aromatic carbocycles. The molecule has 0 spiro atoms. The maximum absolute atomic E-state index is 3.64. The van der Waals surface area contributed by atoms with Crippen molar-refractivity contribution in [1.29, 1.82) is 0 Å². The van der Waals surface area contributed by atoms with Gasteiger partial charge in [0.25, 0.3) is 0 Å². The highest BCUT2D eigenvalue weighted by Gasteiger charge is 2.19. The Balaban J connectivity index is 0.000000963. The highest BCUT2D eigenvalue weighted by molar-refractivity contribution is 9.10. The lowest BCUT2D eigenvalue weighted by atomic mass is 10.2. The first-order chi connectivity index (χ1) is 7.27. The summed E-state index contributed by atoms with van der Waals surface area (Å²) in [6.07, 6.45) is 0. The summed E-state index contributed by atoms with van der Waals surface area (Å²) in [6, 6.07) is 9.20. The largest absolute Gasteiger partial charge is 0.338 e. The summed E-state index contributed by atoms with van der Waals surface area (Å²) < 4.78 is 3.63. The van der Waals surface area contributed by atoms with Gasteiger partial charge in [0.15, 0.2) is 0 Å². The lowest BCUT2D eigenvalue weighted by Crippen LogP contribution is -2.30. The molecule has 2 heterocycles. The Labute approximate surface area is 110 Å².